The van der Waals surface area contributed by atoms with E-state index in [0.29, 0.717) is 6.04 Å². The number of thiazole rings is 1. The lowest BCUT2D eigenvalue weighted by molar-refractivity contribution is 0.539. The Hall–Kier alpha value is -0.920. The summed E-state index contributed by atoms with van der Waals surface area (Å²) in [6, 6.07) is 2.22. The Morgan fingerprint density at radius 2 is 2.31 bits per heavy atom. The molecule has 0 amide bonds. The summed E-state index contributed by atoms with van der Waals surface area (Å²) < 4.78 is 0. The topological polar surface area (TPSA) is 48.7 Å². The minimum Gasteiger partial charge on any atom is -0.295 e. The molecule has 0 fully saturated rings. The number of hydrogen-bond donors (Lipinski definition) is 1. The number of nitriles is 1. The van der Waals surface area contributed by atoms with E-state index in [1.54, 1.807) is 11.3 Å². The molecule has 4 heteroatoms. The van der Waals surface area contributed by atoms with Gasteiger partial charge in [-0.1, -0.05) is 0 Å². The van der Waals surface area contributed by atoms with Crippen molar-refractivity contribution in [2.75, 3.05) is 0 Å². The highest BCUT2D eigenvalue weighted by atomic mass is 32.1. The lowest BCUT2D eigenvalue weighted by Gasteiger charge is -2.11. The summed E-state index contributed by atoms with van der Waals surface area (Å²) in [5.41, 5.74) is 0.832. The normalized spacial score (nSPS) is 12.8. The molecule has 0 saturated carbocycles. The van der Waals surface area contributed by atoms with Crippen LogP contribution >= 0.6 is 11.3 Å². The summed E-state index contributed by atoms with van der Waals surface area (Å²) in [5.74, 6) is 0. The van der Waals surface area contributed by atoms with Crippen LogP contribution < -0.4 is 5.32 Å². The lowest BCUT2D eigenvalue weighted by atomic mass is 10.2. The van der Waals surface area contributed by atoms with Gasteiger partial charge in [0, 0.05) is 11.4 Å². The second-order valence-electron chi connectivity index (χ2n) is 3.17. The monoisotopic (exact) mass is 195 g/mol. The molecule has 0 aromatic carbocycles. The second kappa shape index (κ2) is 4.35. The minimum atomic E-state index is -0.273. The van der Waals surface area contributed by atoms with Crippen LogP contribution in [-0.4, -0.2) is 11.0 Å². The molecule has 0 saturated heterocycles. The van der Waals surface area contributed by atoms with Crippen LogP contribution in [0.4, 0.5) is 0 Å². The maximum Gasteiger partial charge on any atom is 0.139 e. The molecule has 13 heavy (non-hydrogen) atoms. The molecule has 1 N–H and O–H groups in total. The SMILES string of the molecule is Cc1nc(C(C#N)NC(C)C)cs1. The molecular formula is C9H13N3S. The minimum absolute atomic E-state index is 0.273. The van der Waals surface area contributed by atoms with Crippen molar-refractivity contribution >= 4 is 11.3 Å². The van der Waals surface area contributed by atoms with E-state index in [9.17, 15) is 0 Å². The Balaban J connectivity index is 2.74. The predicted molar refractivity (Wildman–Crippen MR) is 53.5 cm³/mol. The van der Waals surface area contributed by atoms with Crippen molar-refractivity contribution < 1.29 is 0 Å². The molecule has 0 aliphatic rings. The van der Waals surface area contributed by atoms with Crippen LogP contribution in [0.3, 0.4) is 0 Å². The zero-order valence-corrected chi connectivity index (χ0v) is 8.85. The van der Waals surface area contributed by atoms with Gasteiger partial charge in [-0.3, -0.25) is 5.32 Å². The smallest absolute Gasteiger partial charge is 0.139 e. The first-order chi connectivity index (χ1) is 6.13. The van der Waals surface area contributed by atoms with E-state index >= 15 is 0 Å². The summed E-state index contributed by atoms with van der Waals surface area (Å²) in [6.45, 7) is 5.98. The van der Waals surface area contributed by atoms with Crippen molar-refractivity contribution in [3.63, 3.8) is 0 Å². The molecular weight excluding hydrogens is 182 g/mol. The maximum absolute atomic E-state index is 8.89. The Labute approximate surface area is 82.4 Å². The number of nitrogens with zero attached hydrogens (tertiary/aromatic N) is 2. The summed E-state index contributed by atoms with van der Waals surface area (Å²) in [7, 11) is 0. The molecule has 1 atom stereocenters. The van der Waals surface area contributed by atoms with Crippen LogP contribution in [-0.2, 0) is 0 Å². The number of aryl methyl sites for hydroxylation is 1. The van der Waals surface area contributed by atoms with E-state index in [1.807, 2.05) is 26.2 Å². The van der Waals surface area contributed by atoms with Crippen LogP contribution in [0.2, 0.25) is 0 Å². The fourth-order valence-corrected chi connectivity index (χ4v) is 1.67. The molecule has 0 bridgehead atoms. The standard InChI is InChI=1S/C9H13N3S/c1-6(2)11-8(4-10)9-5-13-7(3)12-9/h5-6,8,11H,1-3H3. The van der Waals surface area contributed by atoms with Crippen LogP contribution in [0.25, 0.3) is 0 Å². The van der Waals surface area contributed by atoms with E-state index in [1.165, 1.54) is 0 Å². The van der Waals surface area contributed by atoms with Gasteiger partial charge >= 0.3 is 0 Å². The second-order valence-corrected chi connectivity index (χ2v) is 4.24. The summed E-state index contributed by atoms with van der Waals surface area (Å²) in [4.78, 5) is 4.27. The molecule has 0 radical (unpaired) electrons. The van der Waals surface area contributed by atoms with Crippen LogP contribution in [0.5, 0.6) is 0 Å². The van der Waals surface area contributed by atoms with Gasteiger partial charge < -0.3 is 0 Å². The van der Waals surface area contributed by atoms with Crippen molar-refractivity contribution in [3.05, 3.63) is 16.1 Å². The molecule has 1 rings (SSSR count). The number of aromatic nitrogens is 1. The highest BCUT2D eigenvalue weighted by molar-refractivity contribution is 7.09. The fraction of sp³-hybridized carbons (Fsp3) is 0.556. The third-order valence-electron chi connectivity index (χ3n) is 1.56. The fourth-order valence-electron chi connectivity index (χ4n) is 1.03. The van der Waals surface area contributed by atoms with Crippen LogP contribution in [0.1, 0.15) is 30.6 Å². The first-order valence-corrected chi connectivity index (χ1v) is 5.09. The first-order valence-electron chi connectivity index (χ1n) is 4.21. The summed E-state index contributed by atoms with van der Waals surface area (Å²) >= 11 is 1.57. The van der Waals surface area contributed by atoms with Crippen LogP contribution in [0, 0.1) is 18.3 Å². The van der Waals surface area contributed by atoms with Gasteiger partial charge in [0.15, 0.2) is 0 Å². The van der Waals surface area contributed by atoms with Gasteiger partial charge in [0.05, 0.1) is 16.8 Å². The average Bonchev–Trinajstić information content (AvgIpc) is 2.47. The van der Waals surface area contributed by atoms with E-state index < -0.39 is 0 Å². The van der Waals surface area contributed by atoms with E-state index in [2.05, 4.69) is 16.4 Å². The molecule has 70 valence electrons. The Kier molecular flexibility index (Phi) is 3.40. The van der Waals surface area contributed by atoms with Gasteiger partial charge in [0.2, 0.25) is 0 Å². The molecule has 0 aliphatic heterocycles. The number of hydrogen-bond acceptors (Lipinski definition) is 4. The third kappa shape index (κ3) is 2.79. The Bertz CT molecular complexity index is 311. The van der Waals surface area contributed by atoms with Crippen molar-refractivity contribution in [2.45, 2.75) is 32.9 Å². The molecule has 1 aromatic heterocycles. The molecule has 3 nitrogen and oxygen atoms in total. The zero-order valence-electron chi connectivity index (χ0n) is 8.03. The summed E-state index contributed by atoms with van der Waals surface area (Å²) in [5, 5.41) is 15.0. The molecule has 0 aliphatic carbocycles. The zero-order chi connectivity index (χ0) is 9.84. The average molecular weight is 195 g/mol. The predicted octanol–water partition coefficient (Wildman–Crippen LogP) is 2.01. The van der Waals surface area contributed by atoms with Crippen molar-refractivity contribution in [1.82, 2.24) is 10.3 Å². The Morgan fingerprint density at radius 1 is 1.62 bits per heavy atom. The molecule has 0 spiro atoms. The number of nitrogens with one attached hydrogen (secondary N) is 1. The highest BCUT2D eigenvalue weighted by Crippen LogP contribution is 2.15. The van der Waals surface area contributed by atoms with E-state index in [4.69, 9.17) is 5.26 Å². The van der Waals surface area contributed by atoms with Crippen molar-refractivity contribution in [2.24, 2.45) is 0 Å². The van der Waals surface area contributed by atoms with Gasteiger partial charge in [-0.25, -0.2) is 4.98 Å². The largest absolute Gasteiger partial charge is 0.295 e. The van der Waals surface area contributed by atoms with Crippen molar-refractivity contribution in [1.29, 1.82) is 5.26 Å². The van der Waals surface area contributed by atoms with Gasteiger partial charge in [0.1, 0.15) is 6.04 Å². The molecule has 1 heterocycles. The molecule has 1 unspecified atom stereocenters. The van der Waals surface area contributed by atoms with Gasteiger partial charge in [-0.2, -0.15) is 5.26 Å². The third-order valence-corrected chi connectivity index (χ3v) is 2.35. The highest BCUT2D eigenvalue weighted by Gasteiger charge is 2.13. The Morgan fingerprint density at radius 3 is 2.69 bits per heavy atom. The maximum atomic E-state index is 8.89. The van der Waals surface area contributed by atoms with E-state index in [0.717, 1.165) is 10.7 Å². The first kappa shape index (κ1) is 10.2. The van der Waals surface area contributed by atoms with Crippen LogP contribution in [0.15, 0.2) is 5.38 Å². The number of rotatable bonds is 3. The molecule has 1 aromatic rings. The van der Waals surface area contributed by atoms with Crippen molar-refractivity contribution in [3.8, 4) is 6.07 Å². The van der Waals surface area contributed by atoms with Gasteiger partial charge in [-0.15, -0.1) is 11.3 Å². The van der Waals surface area contributed by atoms with E-state index in [-0.39, 0.29) is 6.04 Å². The van der Waals surface area contributed by atoms with Gasteiger partial charge in [0.25, 0.3) is 0 Å². The lowest BCUT2D eigenvalue weighted by Crippen LogP contribution is -2.27. The quantitative estimate of drug-likeness (QED) is 0.802. The summed E-state index contributed by atoms with van der Waals surface area (Å²) in [6.07, 6.45) is 0. The van der Waals surface area contributed by atoms with Gasteiger partial charge in [-0.05, 0) is 20.8 Å².